The van der Waals surface area contributed by atoms with E-state index in [0.29, 0.717) is 29.4 Å². The summed E-state index contributed by atoms with van der Waals surface area (Å²) in [6.45, 7) is 3.97. The summed E-state index contributed by atoms with van der Waals surface area (Å²) in [6, 6.07) is 13.9. The molecule has 0 aliphatic heterocycles. The number of amides is 2. The molecule has 0 aliphatic rings. The molecule has 0 saturated carbocycles. The van der Waals surface area contributed by atoms with Crippen molar-refractivity contribution in [2.45, 2.75) is 0 Å². The SMILES string of the molecule is C=CCOc1cccc(/C=N\NC(=O)C(=O)Nc2ccccc2OC)c1. The number of ether oxygens (including phenoxy) is 2. The highest BCUT2D eigenvalue weighted by Gasteiger charge is 2.14. The molecule has 2 N–H and O–H groups in total. The Morgan fingerprint density at radius 3 is 2.73 bits per heavy atom. The van der Waals surface area contributed by atoms with Crippen molar-refractivity contribution in [2.75, 3.05) is 19.0 Å². The van der Waals surface area contributed by atoms with Gasteiger partial charge in [-0.3, -0.25) is 9.59 Å². The summed E-state index contributed by atoms with van der Waals surface area (Å²) in [7, 11) is 1.47. The number of hydrogen-bond donors (Lipinski definition) is 2. The van der Waals surface area contributed by atoms with Gasteiger partial charge in [0.25, 0.3) is 0 Å². The van der Waals surface area contributed by atoms with E-state index >= 15 is 0 Å². The van der Waals surface area contributed by atoms with Crippen LogP contribution in [0.25, 0.3) is 0 Å². The average Bonchev–Trinajstić information content (AvgIpc) is 2.67. The molecule has 7 heteroatoms. The smallest absolute Gasteiger partial charge is 0.329 e. The van der Waals surface area contributed by atoms with Crippen LogP contribution in [0.5, 0.6) is 11.5 Å². The number of nitrogens with zero attached hydrogens (tertiary/aromatic N) is 1. The number of nitrogens with one attached hydrogen (secondary N) is 2. The molecule has 0 bridgehead atoms. The van der Waals surface area contributed by atoms with Crippen molar-refractivity contribution in [3.63, 3.8) is 0 Å². The van der Waals surface area contributed by atoms with Crippen molar-refractivity contribution in [1.29, 1.82) is 0 Å². The van der Waals surface area contributed by atoms with E-state index < -0.39 is 11.8 Å². The highest BCUT2D eigenvalue weighted by atomic mass is 16.5. The molecule has 2 amide bonds. The average molecular weight is 353 g/mol. The zero-order valence-corrected chi connectivity index (χ0v) is 14.3. The van der Waals surface area contributed by atoms with Gasteiger partial charge in [0.2, 0.25) is 0 Å². The van der Waals surface area contributed by atoms with E-state index in [1.54, 1.807) is 54.6 Å². The van der Waals surface area contributed by atoms with Gasteiger partial charge < -0.3 is 14.8 Å². The number of hydrogen-bond acceptors (Lipinski definition) is 5. The molecule has 0 atom stereocenters. The first-order chi connectivity index (χ1) is 12.6. The number of rotatable bonds is 7. The Labute approximate surface area is 151 Å². The van der Waals surface area contributed by atoms with E-state index in [4.69, 9.17) is 9.47 Å². The van der Waals surface area contributed by atoms with E-state index in [2.05, 4.69) is 22.4 Å². The summed E-state index contributed by atoms with van der Waals surface area (Å²) in [5, 5.41) is 6.24. The zero-order valence-electron chi connectivity index (χ0n) is 14.3. The third kappa shape index (κ3) is 5.48. The van der Waals surface area contributed by atoms with Crippen LogP contribution in [0.1, 0.15) is 5.56 Å². The monoisotopic (exact) mass is 353 g/mol. The lowest BCUT2D eigenvalue weighted by atomic mass is 10.2. The third-order valence-corrected chi connectivity index (χ3v) is 3.17. The summed E-state index contributed by atoms with van der Waals surface area (Å²) in [4.78, 5) is 23.7. The topological polar surface area (TPSA) is 89.0 Å². The first kappa shape index (κ1) is 18.7. The van der Waals surface area contributed by atoms with Crippen LogP contribution in [-0.4, -0.2) is 31.7 Å². The Balaban J connectivity index is 1.92. The van der Waals surface area contributed by atoms with Crippen LogP contribution < -0.4 is 20.2 Å². The predicted octanol–water partition coefficient (Wildman–Crippen LogP) is 2.35. The molecule has 0 fully saturated rings. The van der Waals surface area contributed by atoms with Gasteiger partial charge in [-0.05, 0) is 29.8 Å². The van der Waals surface area contributed by atoms with Crippen molar-refractivity contribution in [3.05, 3.63) is 66.7 Å². The van der Waals surface area contributed by atoms with Crippen molar-refractivity contribution in [1.82, 2.24) is 5.43 Å². The quantitative estimate of drug-likeness (QED) is 0.346. The standard InChI is InChI=1S/C19H19N3O4/c1-3-11-26-15-8-6-7-14(12-15)13-20-22-19(24)18(23)21-16-9-4-5-10-17(16)25-2/h3-10,12-13H,1,11H2,2H3,(H,21,23)(H,22,24)/b20-13-. The molecule has 2 rings (SSSR count). The van der Waals surface area contributed by atoms with Crippen LogP contribution in [0.2, 0.25) is 0 Å². The maximum Gasteiger partial charge on any atom is 0.329 e. The van der Waals surface area contributed by atoms with Crippen molar-refractivity contribution in [2.24, 2.45) is 5.10 Å². The number of para-hydroxylation sites is 2. The molecule has 0 heterocycles. The van der Waals surface area contributed by atoms with Gasteiger partial charge in [0, 0.05) is 0 Å². The highest BCUT2D eigenvalue weighted by molar-refractivity contribution is 6.39. The second-order valence-electron chi connectivity index (χ2n) is 5.03. The van der Waals surface area contributed by atoms with E-state index in [1.807, 2.05) is 0 Å². The number of hydrazone groups is 1. The summed E-state index contributed by atoms with van der Waals surface area (Å²) >= 11 is 0. The Hall–Kier alpha value is -3.61. The fraction of sp³-hybridized carbons (Fsp3) is 0.105. The van der Waals surface area contributed by atoms with Gasteiger partial charge in [-0.1, -0.05) is 36.9 Å². The molecule has 0 radical (unpaired) electrons. The van der Waals surface area contributed by atoms with Crippen molar-refractivity contribution < 1.29 is 19.1 Å². The van der Waals surface area contributed by atoms with Crippen LogP contribution in [0.3, 0.4) is 0 Å². The summed E-state index contributed by atoms with van der Waals surface area (Å²) in [5.41, 5.74) is 3.27. The summed E-state index contributed by atoms with van der Waals surface area (Å²) in [5.74, 6) is -0.650. The third-order valence-electron chi connectivity index (χ3n) is 3.17. The van der Waals surface area contributed by atoms with E-state index in [0.717, 1.165) is 0 Å². The van der Waals surface area contributed by atoms with Crippen LogP contribution in [0, 0.1) is 0 Å². The molecule has 0 saturated heterocycles. The Morgan fingerprint density at radius 2 is 1.96 bits per heavy atom. The maximum absolute atomic E-state index is 11.9. The zero-order chi connectivity index (χ0) is 18.8. The maximum atomic E-state index is 11.9. The Morgan fingerprint density at radius 1 is 1.15 bits per heavy atom. The highest BCUT2D eigenvalue weighted by Crippen LogP contribution is 2.22. The first-order valence-electron chi connectivity index (χ1n) is 7.75. The second kappa shape index (κ2) is 9.63. The lowest BCUT2D eigenvalue weighted by Gasteiger charge is -2.08. The molecule has 2 aromatic rings. The molecule has 26 heavy (non-hydrogen) atoms. The summed E-state index contributed by atoms with van der Waals surface area (Å²) < 4.78 is 10.5. The molecular formula is C19H19N3O4. The van der Waals surface area contributed by atoms with Crippen LogP contribution >= 0.6 is 0 Å². The van der Waals surface area contributed by atoms with Gasteiger partial charge in [0.1, 0.15) is 18.1 Å². The Bertz CT molecular complexity index is 818. The molecule has 0 spiro atoms. The largest absolute Gasteiger partial charge is 0.495 e. The lowest BCUT2D eigenvalue weighted by Crippen LogP contribution is -2.32. The van der Waals surface area contributed by atoms with Gasteiger partial charge in [0.05, 0.1) is 19.0 Å². The molecule has 2 aromatic carbocycles. The van der Waals surface area contributed by atoms with Gasteiger partial charge in [-0.25, -0.2) is 5.43 Å². The minimum atomic E-state index is -0.897. The Kier molecular flexibility index (Phi) is 6.93. The van der Waals surface area contributed by atoms with E-state index in [-0.39, 0.29) is 0 Å². The van der Waals surface area contributed by atoms with Gasteiger partial charge >= 0.3 is 11.8 Å². The van der Waals surface area contributed by atoms with Gasteiger partial charge in [-0.2, -0.15) is 5.10 Å². The van der Waals surface area contributed by atoms with Crippen LogP contribution in [0.4, 0.5) is 5.69 Å². The minimum Gasteiger partial charge on any atom is -0.495 e. The minimum absolute atomic E-state index is 0.389. The fourth-order valence-corrected chi connectivity index (χ4v) is 1.98. The predicted molar refractivity (Wildman–Crippen MR) is 99.5 cm³/mol. The normalized spacial score (nSPS) is 10.2. The molecule has 0 aromatic heterocycles. The van der Waals surface area contributed by atoms with E-state index in [1.165, 1.54) is 13.3 Å². The number of benzene rings is 2. The van der Waals surface area contributed by atoms with Crippen LogP contribution in [-0.2, 0) is 9.59 Å². The van der Waals surface area contributed by atoms with Gasteiger partial charge in [-0.15, -0.1) is 0 Å². The first-order valence-corrected chi connectivity index (χ1v) is 7.75. The molecule has 0 unspecified atom stereocenters. The molecule has 7 nitrogen and oxygen atoms in total. The number of anilines is 1. The van der Waals surface area contributed by atoms with Gasteiger partial charge in [0.15, 0.2) is 0 Å². The molecular weight excluding hydrogens is 334 g/mol. The second-order valence-corrected chi connectivity index (χ2v) is 5.03. The summed E-state index contributed by atoms with van der Waals surface area (Å²) in [6.07, 6.45) is 3.05. The van der Waals surface area contributed by atoms with Crippen LogP contribution in [0.15, 0.2) is 66.3 Å². The number of carbonyl (C=O) groups is 2. The van der Waals surface area contributed by atoms with Crippen molar-refractivity contribution in [3.8, 4) is 11.5 Å². The number of carbonyl (C=O) groups excluding carboxylic acids is 2. The lowest BCUT2D eigenvalue weighted by molar-refractivity contribution is -0.136. The number of methoxy groups -OCH3 is 1. The van der Waals surface area contributed by atoms with E-state index in [9.17, 15) is 9.59 Å². The fourth-order valence-electron chi connectivity index (χ4n) is 1.98. The molecule has 0 aliphatic carbocycles. The molecule has 134 valence electrons. The van der Waals surface area contributed by atoms with Crippen molar-refractivity contribution >= 4 is 23.7 Å².